The van der Waals surface area contributed by atoms with Crippen LogP contribution in [0.15, 0.2) is 91.1 Å². The van der Waals surface area contributed by atoms with E-state index in [0.717, 1.165) is 18.3 Å². The molecule has 0 aliphatic carbocycles. The number of rotatable bonds is 11. The molecule has 0 atom stereocenters. The zero-order chi connectivity index (χ0) is 27.3. The first-order valence-electron chi connectivity index (χ1n) is 11.8. The van der Waals surface area contributed by atoms with Crippen molar-refractivity contribution in [2.24, 2.45) is 0 Å². The number of likely N-dealkylation sites (N-methyl/N-ethyl adjacent to an activating group) is 1. The first-order chi connectivity index (χ1) is 18.4. The Bertz CT molecular complexity index is 1380. The van der Waals surface area contributed by atoms with Crippen molar-refractivity contribution < 1.29 is 4.39 Å². The van der Waals surface area contributed by atoms with Crippen molar-refractivity contribution in [2.45, 2.75) is 0 Å². The fourth-order valence-electron chi connectivity index (χ4n) is 3.15. The maximum atomic E-state index is 14.9. The van der Waals surface area contributed by atoms with Crippen LogP contribution >= 0.6 is 0 Å². The van der Waals surface area contributed by atoms with Gasteiger partial charge in [-0.2, -0.15) is 4.98 Å². The third-order valence-electron chi connectivity index (χ3n) is 4.93. The van der Waals surface area contributed by atoms with E-state index in [1.807, 2.05) is 61.5 Å². The van der Waals surface area contributed by atoms with Crippen LogP contribution in [0.4, 0.5) is 27.5 Å². The summed E-state index contributed by atoms with van der Waals surface area (Å²) >= 11 is 0. The Kier molecular flexibility index (Phi) is 10.2. The van der Waals surface area contributed by atoms with E-state index in [9.17, 15) is 4.39 Å². The number of nitrogens with zero attached hydrogens (tertiary/aromatic N) is 3. The lowest BCUT2D eigenvalue weighted by Gasteiger charge is -2.13. The number of aromatic nitrogens is 2. The average molecular weight is 511 g/mol. The van der Waals surface area contributed by atoms with Gasteiger partial charge in [-0.05, 0) is 50.5 Å². The average Bonchev–Trinajstić information content (AvgIpc) is 2.90. The van der Waals surface area contributed by atoms with Crippen LogP contribution in [-0.2, 0) is 0 Å². The van der Waals surface area contributed by atoms with E-state index < -0.39 is 5.82 Å². The van der Waals surface area contributed by atoms with Crippen LogP contribution in [0.3, 0.4) is 0 Å². The quantitative estimate of drug-likeness (QED) is 0.142. The number of halogens is 1. The second-order valence-corrected chi connectivity index (χ2v) is 8.36. The van der Waals surface area contributed by atoms with E-state index >= 15 is 0 Å². The van der Waals surface area contributed by atoms with E-state index in [1.54, 1.807) is 31.6 Å². The minimum atomic E-state index is -0.463. The minimum Gasteiger partial charge on any atom is -0.392 e. The van der Waals surface area contributed by atoms with Crippen molar-refractivity contribution in [3.8, 4) is 11.8 Å². The summed E-state index contributed by atoms with van der Waals surface area (Å²) in [7, 11) is 5.68. The molecule has 9 heteroatoms. The lowest BCUT2D eigenvalue weighted by Crippen LogP contribution is -2.10. The first-order valence-corrected chi connectivity index (χ1v) is 11.8. The molecule has 0 saturated carbocycles. The highest BCUT2D eigenvalue weighted by molar-refractivity contribution is 5.80. The molecule has 3 rings (SSSR count). The zero-order valence-electron chi connectivity index (χ0n) is 21.6. The van der Waals surface area contributed by atoms with Crippen LogP contribution in [0.25, 0.3) is 0 Å². The fourth-order valence-corrected chi connectivity index (χ4v) is 3.15. The van der Waals surface area contributed by atoms with Crippen LogP contribution in [0.2, 0.25) is 0 Å². The lowest BCUT2D eigenvalue weighted by atomic mass is 10.2. The highest BCUT2D eigenvalue weighted by Gasteiger charge is 2.11. The van der Waals surface area contributed by atoms with Gasteiger partial charge in [-0.25, -0.2) is 9.37 Å². The number of hydrogen-bond donors (Lipinski definition) is 5. The molecule has 0 bridgehead atoms. The van der Waals surface area contributed by atoms with Gasteiger partial charge < -0.3 is 31.6 Å². The Balaban J connectivity index is 1.92. The van der Waals surface area contributed by atoms with Crippen molar-refractivity contribution in [3.05, 3.63) is 108 Å². The number of nitrogens with one attached hydrogen (secondary N) is 5. The molecule has 0 saturated heterocycles. The van der Waals surface area contributed by atoms with Gasteiger partial charge in [0.15, 0.2) is 5.82 Å². The third kappa shape index (κ3) is 8.62. The molecule has 3 aromatic rings. The van der Waals surface area contributed by atoms with Gasteiger partial charge in [-0.3, -0.25) is 0 Å². The van der Waals surface area contributed by atoms with E-state index in [1.165, 1.54) is 6.07 Å². The maximum absolute atomic E-state index is 14.9. The molecule has 38 heavy (non-hydrogen) atoms. The molecule has 0 unspecified atom stereocenters. The highest BCUT2D eigenvalue weighted by atomic mass is 19.1. The number of hydrogen-bond acceptors (Lipinski definition) is 8. The van der Waals surface area contributed by atoms with Gasteiger partial charge in [0.25, 0.3) is 0 Å². The molecule has 2 aromatic carbocycles. The Morgan fingerprint density at radius 2 is 1.92 bits per heavy atom. The standard InChI is InChI=1S/C29H31FN8/c1-21(9-8-16-38(3)4)34-24-14-15-26(30)27(17-24)36-28-23(13-12-22-10-6-5-7-11-22)19-33-29(37-28)35-25(18-31)20-32-2/h5-11,14-15,17-20,31-32,34H,1,16H2,2-4H3,(H2,33,35,36,37)/b9-8+,25-20+,31-18?. The van der Waals surface area contributed by atoms with Crippen molar-refractivity contribution in [2.75, 3.05) is 43.6 Å². The van der Waals surface area contributed by atoms with Gasteiger partial charge >= 0.3 is 0 Å². The molecular weight excluding hydrogens is 479 g/mol. The Morgan fingerprint density at radius 3 is 2.63 bits per heavy atom. The molecule has 5 N–H and O–H groups in total. The SMILES string of the molecule is C=C(/C=C/CN(C)C)Nc1ccc(F)c(Nc2nc(N/C(C=N)=C/NC)ncc2C#Cc2ccccc2)c1. The molecule has 0 amide bonds. The first kappa shape index (κ1) is 27.6. The maximum Gasteiger partial charge on any atom is 0.229 e. The van der Waals surface area contributed by atoms with Gasteiger partial charge in [0.1, 0.15) is 5.82 Å². The zero-order valence-corrected chi connectivity index (χ0v) is 21.6. The molecule has 0 radical (unpaired) electrons. The molecule has 0 spiro atoms. The van der Waals surface area contributed by atoms with Crippen LogP contribution in [0.5, 0.6) is 0 Å². The molecule has 8 nitrogen and oxygen atoms in total. The van der Waals surface area contributed by atoms with Gasteiger partial charge in [0.05, 0.1) is 23.1 Å². The molecule has 194 valence electrons. The molecule has 0 aliphatic rings. The summed E-state index contributed by atoms with van der Waals surface area (Å²) in [5.41, 5.74) is 3.26. The monoisotopic (exact) mass is 510 g/mol. The van der Waals surface area contributed by atoms with E-state index in [4.69, 9.17) is 5.41 Å². The van der Waals surface area contributed by atoms with Gasteiger partial charge in [-0.1, -0.05) is 42.7 Å². The number of anilines is 4. The summed E-state index contributed by atoms with van der Waals surface area (Å²) in [5, 5.41) is 19.6. The highest BCUT2D eigenvalue weighted by Crippen LogP contribution is 2.26. The summed E-state index contributed by atoms with van der Waals surface area (Å²) in [6.07, 6.45) is 8.13. The molecule has 1 aromatic heterocycles. The van der Waals surface area contributed by atoms with Crippen molar-refractivity contribution >= 4 is 29.4 Å². The van der Waals surface area contributed by atoms with Gasteiger partial charge in [0, 0.05) is 43.0 Å². The van der Waals surface area contributed by atoms with Crippen LogP contribution in [-0.4, -0.2) is 48.8 Å². The summed E-state index contributed by atoms with van der Waals surface area (Å²) in [6, 6.07) is 14.1. The Hall–Kier alpha value is -4.94. The van der Waals surface area contributed by atoms with Crippen LogP contribution < -0.4 is 21.3 Å². The van der Waals surface area contributed by atoms with Crippen LogP contribution in [0, 0.1) is 23.1 Å². The summed E-state index contributed by atoms with van der Waals surface area (Å²) in [4.78, 5) is 10.9. The van der Waals surface area contributed by atoms with Crippen molar-refractivity contribution in [1.82, 2.24) is 20.2 Å². The lowest BCUT2D eigenvalue weighted by molar-refractivity contribution is 0.456. The predicted molar refractivity (Wildman–Crippen MR) is 154 cm³/mol. The largest absolute Gasteiger partial charge is 0.392 e. The predicted octanol–water partition coefficient (Wildman–Crippen LogP) is 4.92. The smallest absolute Gasteiger partial charge is 0.229 e. The molecule has 1 heterocycles. The van der Waals surface area contributed by atoms with Crippen molar-refractivity contribution in [1.29, 1.82) is 5.41 Å². The van der Waals surface area contributed by atoms with E-state index in [0.29, 0.717) is 28.5 Å². The van der Waals surface area contributed by atoms with E-state index in [2.05, 4.69) is 49.7 Å². The van der Waals surface area contributed by atoms with Gasteiger partial charge in [0.2, 0.25) is 5.95 Å². The number of benzene rings is 2. The Labute approximate surface area is 222 Å². The van der Waals surface area contributed by atoms with Crippen molar-refractivity contribution in [3.63, 3.8) is 0 Å². The van der Waals surface area contributed by atoms with E-state index in [-0.39, 0.29) is 11.6 Å². The molecule has 0 aliphatic heterocycles. The molecule has 0 fully saturated rings. The summed E-state index contributed by atoms with van der Waals surface area (Å²) in [6.45, 7) is 4.78. The normalized spacial score (nSPS) is 11.0. The second-order valence-electron chi connectivity index (χ2n) is 8.36. The summed E-state index contributed by atoms with van der Waals surface area (Å²) < 4.78 is 14.9. The number of allylic oxidation sites excluding steroid dienone is 2. The third-order valence-corrected chi connectivity index (χ3v) is 4.93. The fraction of sp³-hybridized carbons (Fsp3) is 0.138. The second kappa shape index (κ2) is 14.0. The molecular formula is C29H31FN8. The minimum absolute atomic E-state index is 0.200. The van der Waals surface area contributed by atoms with Gasteiger partial charge in [-0.15, -0.1) is 0 Å². The Morgan fingerprint density at radius 1 is 1.13 bits per heavy atom. The topological polar surface area (TPSA) is 101 Å². The van der Waals surface area contributed by atoms with Crippen LogP contribution in [0.1, 0.15) is 11.1 Å². The summed E-state index contributed by atoms with van der Waals surface area (Å²) in [5.74, 6) is 6.21.